The maximum atomic E-state index is 13.7. The number of halogens is 2. The van der Waals surface area contributed by atoms with Crippen LogP contribution >= 0.6 is 11.8 Å². The number of carbonyl (C=O) groups excluding carboxylic acids is 2. The highest BCUT2D eigenvalue weighted by molar-refractivity contribution is 8.13. The molecule has 0 aliphatic carbocycles. The molecule has 1 fully saturated rings. The summed E-state index contributed by atoms with van der Waals surface area (Å²) < 4.78 is 35.1. The van der Waals surface area contributed by atoms with Crippen molar-refractivity contribution in [1.29, 1.82) is 0 Å². The molecule has 11 heteroatoms. The molecule has 166 valence electrons. The largest absolute Gasteiger partial charge is 0.491 e. The van der Waals surface area contributed by atoms with Gasteiger partial charge in [-0.3, -0.25) is 14.5 Å². The van der Waals surface area contributed by atoms with Gasteiger partial charge in [-0.1, -0.05) is 11.8 Å². The van der Waals surface area contributed by atoms with Crippen LogP contribution in [0.15, 0.2) is 24.4 Å². The maximum Gasteiger partial charge on any atom is 0.287 e. The van der Waals surface area contributed by atoms with Crippen LogP contribution in [0, 0.1) is 0 Å². The third-order valence-electron chi connectivity index (χ3n) is 5.32. The van der Waals surface area contributed by atoms with E-state index in [1.54, 1.807) is 31.3 Å². The Bertz CT molecular complexity index is 999. The molecule has 2 atom stereocenters. The molecular weight excluding hydrogens is 428 g/mol. The number of hydrogen-bond acceptors (Lipinski definition) is 6. The van der Waals surface area contributed by atoms with Crippen LogP contribution in [0.2, 0.25) is 0 Å². The van der Waals surface area contributed by atoms with Crippen molar-refractivity contribution >= 4 is 34.4 Å². The third kappa shape index (κ3) is 4.32. The van der Waals surface area contributed by atoms with E-state index in [2.05, 4.69) is 10.3 Å². The molecule has 31 heavy (non-hydrogen) atoms. The van der Waals surface area contributed by atoms with Crippen LogP contribution in [-0.2, 0) is 11.3 Å². The monoisotopic (exact) mass is 451 g/mol. The number of benzene rings is 1. The Morgan fingerprint density at radius 3 is 2.97 bits per heavy atom. The number of hydrogen-bond donors (Lipinski definition) is 2. The molecule has 0 unspecified atom stereocenters. The van der Waals surface area contributed by atoms with Gasteiger partial charge in [0, 0.05) is 23.7 Å². The standard InChI is InChI=1S/C20H23F2N5O3S/c1-11(18(23)28)24-12-4-5-13-15(9-12)30-7-6-26-10-16(25-19(13)26)27-14(17(21)22)3-2-8-31-20(27)29/h4-5,9-11,14,17,24H,2-3,6-8H2,1H3,(H2,23,28)/t11-,14-/m0/s1. The van der Waals surface area contributed by atoms with Gasteiger partial charge in [-0.2, -0.15) is 0 Å². The predicted octanol–water partition coefficient (Wildman–Crippen LogP) is 3.32. The zero-order valence-electron chi connectivity index (χ0n) is 16.9. The molecule has 0 spiro atoms. The van der Waals surface area contributed by atoms with Crippen LogP contribution in [0.1, 0.15) is 19.8 Å². The Labute approximate surface area is 182 Å². The highest BCUT2D eigenvalue weighted by Gasteiger charge is 2.36. The van der Waals surface area contributed by atoms with E-state index in [0.29, 0.717) is 48.2 Å². The maximum absolute atomic E-state index is 13.7. The van der Waals surface area contributed by atoms with Gasteiger partial charge in [-0.25, -0.2) is 13.8 Å². The minimum Gasteiger partial charge on any atom is -0.491 e. The van der Waals surface area contributed by atoms with Crippen molar-refractivity contribution in [2.24, 2.45) is 5.73 Å². The lowest BCUT2D eigenvalue weighted by atomic mass is 10.1. The van der Waals surface area contributed by atoms with Crippen molar-refractivity contribution in [3.63, 3.8) is 0 Å². The molecule has 3 N–H and O–H groups in total. The molecule has 0 radical (unpaired) electrons. The highest BCUT2D eigenvalue weighted by atomic mass is 32.2. The van der Waals surface area contributed by atoms with Gasteiger partial charge in [0.1, 0.15) is 30.3 Å². The molecule has 1 saturated heterocycles. The third-order valence-corrected chi connectivity index (χ3v) is 6.26. The molecule has 8 nitrogen and oxygen atoms in total. The van der Waals surface area contributed by atoms with E-state index in [1.807, 2.05) is 4.57 Å². The Balaban J connectivity index is 1.70. The number of nitrogens with one attached hydrogen (secondary N) is 1. The molecule has 3 heterocycles. The summed E-state index contributed by atoms with van der Waals surface area (Å²) in [6.45, 7) is 2.45. The summed E-state index contributed by atoms with van der Waals surface area (Å²) in [5.74, 6) is 1.33. The summed E-state index contributed by atoms with van der Waals surface area (Å²) in [6, 6.07) is 3.53. The summed E-state index contributed by atoms with van der Waals surface area (Å²) >= 11 is 1.04. The molecule has 0 saturated carbocycles. The second-order valence-electron chi connectivity index (χ2n) is 7.47. The normalized spacial score (nSPS) is 19.7. The number of imidazole rings is 1. The molecular formula is C20H23F2N5O3S. The minimum atomic E-state index is -2.65. The molecule has 2 aliphatic heterocycles. The van der Waals surface area contributed by atoms with Gasteiger partial charge in [-0.15, -0.1) is 0 Å². The average molecular weight is 451 g/mol. The van der Waals surface area contributed by atoms with Gasteiger partial charge in [0.25, 0.3) is 11.7 Å². The summed E-state index contributed by atoms with van der Waals surface area (Å²) in [7, 11) is 0. The van der Waals surface area contributed by atoms with E-state index in [-0.39, 0.29) is 12.2 Å². The van der Waals surface area contributed by atoms with E-state index < -0.39 is 29.7 Å². The lowest BCUT2D eigenvalue weighted by Crippen LogP contribution is -2.42. The smallest absolute Gasteiger partial charge is 0.287 e. The molecule has 2 aliphatic rings. The summed E-state index contributed by atoms with van der Waals surface area (Å²) in [5, 5.41) is 2.59. The number of amides is 2. The van der Waals surface area contributed by atoms with Gasteiger partial charge in [-0.05, 0) is 31.9 Å². The van der Waals surface area contributed by atoms with Gasteiger partial charge in [0.05, 0.1) is 12.1 Å². The van der Waals surface area contributed by atoms with Crippen molar-refractivity contribution in [3.05, 3.63) is 24.4 Å². The Kier molecular flexibility index (Phi) is 6.03. The number of nitrogens with two attached hydrogens (primary N) is 1. The highest BCUT2D eigenvalue weighted by Crippen LogP contribution is 2.37. The van der Waals surface area contributed by atoms with Crippen LogP contribution in [0.3, 0.4) is 0 Å². The van der Waals surface area contributed by atoms with Crippen LogP contribution in [0.25, 0.3) is 11.4 Å². The number of nitrogens with zero attached hydrogens (tertiary/aromatic N) is 3. The number of primary amides is 1. The lowest BCUT2D eigenvalue weighted by Gasteiger charge is -2.26. The second-order valence-corrected chi connectivity index (χ2v) is 8.52. The SMILES string of the molecule is C[C@H](Nc1ccc2c(c1)OCCn1cc(N3C(=O)SCCC[C@H]3C(F)F)nc1-2)C(N)=O. The van der Waals surface area contributed by atoms with E-state index >= 15 is 0 Å². The van der Waals surface area contributed by atoms with Crippen LogP contribution in [-0.4, -0.2) is 51.6 Å². The zero-order valence-corrected chi connectivity index (χ0v) is 17.7. The zero-order chi connectivity index (χ0) is 22.1. The first-order chi connectivity index (χ1) is 14.8. The molecule has 1 aromatic heterocycles. The number of thioether (sulfide) groups is 1. The van der Waals surface area contributed by atoms with E-state index in [0.717, 1.165) is 16.7 Å². The second kappa shape index (κ2) is 8.74. The topological polar surface area (TPSA) is 102 Å². The Hall–Kier alpha value is -2.82. The molecule has 1 aromatic carbocycles. The number of ether oxygens (including phenoxy) is 1. The Morgan fingerprint density at radius 2 is 2.23 bits per heavy atom. The first kappa shape index (κ1) is 21.4. The number of carbonyl (C=O) groups is 2. The van der Waals surface area contributed by atoms with Gasteiger partial charge >= 0.3 is 0 Å². The number of fused-ring (bicyclic) bond motifs is 3. The van der Waals surface area contributed by atoms with Crippen molar-refractivity contribution in [1.82, 2.24) is 9.55 Å². The minimum absolute atomic E-state index is 0.220. The van der Waals surface area contributed by atoms with Crippen LogP contribution in [0.4, 0.5) is 25.1 Å². The van der Waals surface area contributed by atoms with Gasteiger partial charge in [0.15, 0.2) is 5.82 Å². The average Bonchev–Trinajstić information content (AvgIpc) is 2.92. The first-order valence-electron chi connectivity index (χ1n) is 9.99. The van der Waals surface area contributed by atoms with E-state index in [9.17, 15) is 18.4 Å². The van der Waals surface area contributed by atoms with E-state index in [4.69, 9.17) is 10.5 Å². The fraction of sp³-hybridized carbons (Fsp3) is 0.450. The number of anilines is 2. The van der Waals surface area contributed by atoms with Gasteiger partial charge in [0.2, 0.25) is 5.91 Å². The fourth-order valence-corrected chi connectivity index (χ4v) is 4.54. The summed E-state index contributed by atoms with van der Waals surface area (Å²) in [6.07, 6.45) is -0.244. The van der Waals surface area contributed by atoms with Crippen molar-refractivity contribution in [2.75, 3.05) is 22.6 Å². The lowest BCUT2D eigenvalue weighted by molar-refractivity contribution is -0.118. The van der Waals surface area contributed by atoms with Gasteiger partial charge < -0.3 is 20.4 Å². The van der Waals surface area contributed by atoms with E-state index in [1.165, 1.54) is 0 Å². The van der Waals surface area contributed by atoms with Crippen molar-refractivity contribution in [2.45, 2.75) is 44.8 Å². The van der Waals surface area contributed by atoms with Crippen molar-refractivity contribution < 1.29 is 23.1 Å². The number of aromatic nitrogens is 2. The summed E-state index contributed by atoms with van der Waals surface area (Å²) in [4.78, 5) is 29.6. The quantitative estimate of drug-likeness (QED) is 0.723. The predicted molar refractivity (Wildman–Crippen MR) is 115 cm³/mol. The number of alkyl halides is 2. The first-order valence-corrected chi connectivity index (χ1v) is 11.0. The van der Waals surface area contributed by atoms with Crippen molar-refractivity contribution in [3.8, 4) is 17.1 Å². The number of rotatable bonds is 5. The molecule has 0 bridgehead atoms. The summed E-state index contributed by atoms with van der Waals surface area (Å²) in [5.41, 5.74) is 6.63. The molecule has 4 rings (SSSR count). The van der Waals surface area contributed by atoms with Crippen LogP contribution < -0.4 is 20.7 Å². The van der Waals surface area contributed by atoms with Crippen LogP contribution in [0.5, 0.6) is 5.75 Å². The Morgan fingerprint density at radius 1 is 1.42 bits per heavy atom. The fourth-order valence-electron chi connectivity index (χ4n) is 3.68. The molecule has 2 aromatic rings. The molecule has 2 amide bonds.